The Balaban J connectivity index is 1.63. The van der Waals surface area contributed by atoms with E-state index in [1.165, 1.54) is 30.2 Å². The molecule has 0 spiro atoms. The summed E-state index contributed by atoms with van der Waals surface area (Å²) in [5, 5.41) is 12.8. The molecule has 1 saturated carbocycles. The Bertz CT molecular complexity index is 765. The summed E-state index contributed by atoms with van der Waals surface area (Å²) in [6.07, 6.45) is 5.62. The minimum absolute atomic E-state index is 0.0997. The van der Waals surface area contributed by atoms with Crippen molar-refractivity contribution in [2.24, 2.45) is 5.92 Å². The van der Waals surface area contributed by atoms with Gasteiger partial charge in [0.1, 0.15) is 0 Å². The summed E-state index contributed by atoms with van der Waals surface area (Å²) < 4.78 is 2.13. The first-order valence-corrected chi connectivity index (χ1v) is 11.0. The van der Waals surface area contributed by atoms with Crippen molar-refractivity contribution in [1.82, 2.24) is 20.1 Å². The molecule has 0 saturated heterocycles. The van der Waals surface area contributed by atoms with E-state index in [0.717, 1.165) is 48.3 Å². The second-order valence-electron chi connectivity index (χ2n) is 7.64. The molecule has 1 fully saturated rings. The third-order valence-corrected chi connectivity index (χ3v) is 6.12. The van der Waals surface area contributed by atoms with Crippen LogP contribution in [-0.2, 0) is 11.3 Å². The predicted octanol–water partition coefficient (Wildman–Crippen LogP) is 4.45. The van der Waals surface area contributed by atoms with Crippen LogP contribution in [0.4, 0.5) is 0 Å². The number of carbonyl (C=O) groups excluding carboxylic acids is 1. The fourth-order valence-corrected chi connectivity index (χ4v) is 4.40. The van der Waals surface area contributed by atoms with Crippen LogP contribution in [-0.4, -0.2) is 32.5 Å². The van der Waals surface area contributed by atoms with E-state index in [1.54, 1.807) is 0 Å². The molecular formula is C21H30N4OS. The Labute approximate surface area is 166 Å². The predicted molar refractivity (Wildman–Crippen MR) is 111 cm³/mol. The van der Waals surface area contributed by atoms with Gasteiger partial charge in [0.2, 0.25) is 5.91 Å². The largest absolute Gasteiger partial charge is 0.353 e. The van der Waals surface area contributed by atoms with E-state index in [0.29, 0.717) is 11.8 Å². The van der Waals surface area contributed by atoms with Gasteiger partial charge in [-0.2, -0.15) is 0 Å². The maximum atomic E-state index is 12.4. The quantitative estimate of drug-likeness (QED) is 0.714. The Kier molecular flexibility index (Phi) is 6.94. The Morgan fingerprint density at radius 3 is 2.74 bits per heavy atom. The fraction of sp³-hybridized carbons (Fsp3) is 0.571. The Hall–Kier alpha value is -1.82. The van der Waals surface area contributed by atoms with Gasteiger partial charge in [-0.25, -0.2) is 0 Å². The number of rotatable bonds is 7. The molecule has 27 heavy (non-hydrogen) atoms. The van der Waals surface area contributed by atoms with E-state index in [-0.39, 0.29) is 5.91 Å². The van der Waals surface area contributed by atoms with Crippen LogP contribution in [0.1, 0.15) is 51.5 Å². The van der Waals surface area contributed by atoms with Gasteiger partial charge in [0.15, 0.2) is 11.0 Å². The van der Waals surface area contributed by atoms with Gasteiger partial charge in [-0.3, -0.25) is 4.79 Å². The Morgan fingerprint density at radius 2 is 2.04 bits per heavy atom. The highest BCUT2D eigenvalue weighted by atomic mass is 32.2. The first-order valence-electron chi connectivity index (χ1n) is 9.99. The average Bonchev–Trinajstić information content (AvgIpc) is 3.05. The highest BCUT2D eigenvalue weighted by Crippen LogP contribution is 2.26. The standard InChI is InChI=1S/C21H30N4OS/c1-4-12-25-20(17-7-5-6-16(3)13-17)23-24-21(25)27-14-19(26)22-18-10-8-15(2)9-11-18/h5-7,13,15,18H,4,8-12,14H2,1-3H3,(H,22,26). The molecule has 1 aliphatic carbocycles. The molecule has 1 heterocycles. The topological polar surface area (TPSA) is 59.8 Å². The summed E-state index contributed by atoms with van der Waals surface area (Å²) in [7, 11) is 0. The van der Waals surface area contributed by atoms with Crippen LogP contribution < -0.4 is 5.32 Å². The summed E-state index contributed by atoms with van der Waals surface area (Å²) >= 11 is 1.48. The lowest BCUT2D eigenvalue weighted by atomic mass is 9.87. The zero-order valence-electron chi connectivity index (χ0n) is 16.6. The lowest BCUT2D eigenvalue weighted by Crippen LogP contribution is -2.38. The first-order chi connectivity index (χ1) is 13.1. The zero-order valence-corrected chi connectivity index (χ0v) is 17.4. The van der Waals surface area contributed by atoms with Gasteiger partial charge in [-0.15, -0.1) is 10.2 Å². The van der Waals surface area contributed by atoms with Gasteiger partial charge in [-0.05, 0) is 51.0 Å². The summed E-state index contributed by atoms with van der Waals surface area (Å²) in [4.78, 5) is 12.4. The molecule has 2 aromatic rings. The minimum Gasteiger partial charge on any atom is -0.353 e. The highest BCUT2D eigenvalue weighted by molar-refractivity contribution is 7.99. The number of aromatic nitrogens is 3. The molecule has 3 rings (SSSR count). The van der Waals surface area contributed by atoms with Gasteiger partial charge in [0.05, 0.1) is 5.75 Å². The number of hydrogen-bond donors (Lipinski definition) is 1. The van der Waals surface area contributed by atoms with Gasteiger partial charge >= 0.3 is 0 Å². The lowest BCUT2D eigenvalue weighted by Gasteiger charge is -2.26. The SMILES string of the molecule is CCCn1c(SCC(=O)NC2CCC(C)CC2)nnc1-c1cccc(C)c1. The van der Waals surface area contributed by atoms with Crippen molar-refractivity contribution in [2.45, 2.75) is 70.6 Å². The lowest BCUT2D eigenvalue weighted by molar-refractivity contribution is -0.119. The summed E-state index contributed by atoms with van der Waals surface area (Å²) in [6.45, 7) is 7.36. The molecule has 1 aromatic heterocycles. The van der Waals surface area contributed by atoms with Crippen LogP contribution in [0, 0.1) is 12.8 Å². The number of aryl methyl sites for hydroxylation is 1. The van der Waals surface area contributed by atoms with Crippen molar-refractivity contribution < 1.29 is 4.79 Å². The number of nitrogens with one attached hydrogen (secondary N) is 1. The molecule has 146 valence electrons. The van der Waals surface area contributed by atoms with Crippen LogP contribution in [0.5, 0.6) is 0 Å². The molecule has 0 radical (unpaired) electrons. The van der Waals surface area contributed by atoms with Gasteiger partial charge in [-0.1, -0.05) is 49.4 Å². The Morgan fingerprint density at radius 1 is 1.26 bits per heavy atom. The second kappa shape index (κ2) is 9.40. The van der Waals surface area contributed by atoms with Gasteiger partial charge < -0.3 is 9.88 Å². The summed E-state index contributed by atoms with van der Waals surface area (Å²) in [5.74, 6) is 2.16. The molecular weight excluding hydrogens is 356 g/mol. The van der Waals surface area contributed by atoms with E-state index in [4.69, 9.17) is 0 Å². The molecule has 5 nitrogen and oxygen atoms in total. The maximum Gasteiger partial charge on any atom is 0.230 e. The molecule has 1 aromatic carbocycles. The highest BCUT2D eigenvalue weighted by Gasteiger charge is 2.20. The van der Waals surface area contributed by atoms with E-state index in [2.05, 4.69) is 59.1 Å². The van der Waals surface area contributed by atoms with Crippen molar-refractivity contribution in [3.63, 3.8) is 0 Å². The molecule has 0 bridgehead atoms. The number of nitrogens with zero attached hydrogens (tertiary/aromatic N) is 3. The van der Waals surface area contributed by atoms with E-state index < -0.39 is 0 Å². The number of benzene rings is 1. The maximum absolute atomic E-state index is 12.4. The molecule has 6 heteroatoms. The van der Waals surface area contributed by atoms with Crippen LogP contribution in [0.25, 0.3) is 11.4 Å². The van der Waals surface area contributed by atoms with E-state index in [1.807, 2.05) is 6.07 Å². The van der Waals surface area contributed by atoms with Crippen LogP contribution >= 0.6 is 11.8 Å². The average molecular weight is 387 g/mol. The molecule has 0 atom stereocenters. The number of hydrogen-bond acceptors (Lipinski definition) is 4. The monoisotopic (exact) mass is 386 g/mol. The molecule has 0 unspecified atom stereocenters. The van der Waals surface area contributed by atoms with Gasteiger partial charge in [0, 0.05) is 18.2 Å². The second-order valence-corrected chi connectivity index (χ2v) is 8.58. The summed E-state index contributed by atoms with van der Waals surface area (Å²) in [6, 6.07) is 8.65. The van der Waals surface area contributed by atoms with Crippen molar-refractivity contribution in [3.05, 3.63) is 29.8 Å². The molecule has 1 N–H and O–H groups in total. The number of carbonyl (C=O) groups is 1. The number of thioether (sulfide) groups is 1. The first kappa shape index (κ1) is 19.9. The zero-order chi connectivity index (χ0) is 19.2. The fourth-order valence-electron chi connectivity index (χ4n) is 3.62. The third-order valence-electron chi connectivity index (χ3n) is 5.15. The van der Waals surface area contributed by atoms with Crippen LogP contribution in [0.2, 0.25) is 0 Å². The van der Waals surface area contributed by atoms with E-state index >= 15 is 0 Å². The minimum atomic E-state index is 0.0997. The summed E-state index contributed by atoms with van der Waals surface area (Å²) in [5.41, 5.74) is 2.28. The third kappa shape index (κ3) is 5.34. The molecule has 1 amide bonds. The van der Waals surface area contributed by atoms with Crippen molar-refractivity contribution in [3.8, 4) is 11.4 Å². The van der Waals surface area contributed by atoms with E-state index in [9.17, 15) is 4.79 Å². The number of amides is 1. The van der Waals surface area contributed by atoms with Crippen molar-refractivity contribution in [1.29, 1.82) is 0 Å². The molecule has 0 aliphatic heterocycles. The molecule has 1 aliphatic rings. The van der Waals surface area contributed by atoms with Crippen LogP contribution in [0.15, 0.2) is 29.4 Å². The van der Waals surface area contributed by atoms with Crippen LogP contribution in [0.3, 0.4) is 0 Å². The van der Waals surface area contributed by atoms with Gasteiger partial charge in [0.25, 0.3) is 0 Å². The smallest absolute Gasteiger partial charge is 0.230 e. The van der Waals surface area contributed by atoms with Crippen molar-refractivity contribution >= 4 is 17.7 Å². The normalized spacial score (nSPS) is 19.8. The van der Waals surface area contributed by atoms with Crippen molar-refractivity contribution in [2.75, 3.05) is 5.75 Å².